The molecule has 0 heterocycles. The maximum absolute atomic E-state index is 12.9. The Morgan fingerprint density at radius 2 is 0.506 bits per heavy atom. The summed E-state index contributed by atoms with van der Waals surface area (Å²) in [5, 5.41) is 0. The molecule has 1 atom stereocenters. The largest absolute Gasteiger partial charge is 0.462 e. The molecule has 0 aliphatic carbocycles. The van der Waals surface area contributed by atoms with Crippen molar-refractivity contribution in [3.8, 4) is 0 Å². The zero-order chi connectivity index (χ0) is 55.7. The Morgan fingerprint density at radius 1 is 0.273 bits per heavy atom. The van der Waals surface area contributed by atoms with Gasteiger partial charge in [0.1, 0.15) is 13.2 Å². The molecule has 0 aromatic heterocycles. The van der Waals surface area contributed by atoms with Crippen LogP contribution in [-0.2, 0) is 28.6 Å². The van der Waals surface area contributed by atoms with E-state index in [0.717, 1.165) is 128 Å². The summed E-state index contributed by atoms with van der Waals surface area (Å²) in [5.41, 5.74) is 0. The van der Waals surface area contributed by atoms with Crippen LogP contribution in [0.25, 0.3) is 0 Å². The van der Waals surface area contributed by atoms with E-state index in [4.69, 9.17) is 14.2 Å². The van der Waals surface area contributed by atoms with Crippen LogP contribution in [0.3, 0.4) is 0 Å². The highest BCUT2D eigenvalue weighted by atomic mass is 16.6. The van der Waals surface area contributed by atoms with E-state index in [-0.39, 0.29) is 37.5 Å². The molecule has 0 bridgehead atoms. The van der Waals surface area contributed by atoms with Gasteiger partial charge in [-0.3, -0.25) is 14.4 Å². The molecule has 0 saturated carbocycles. The van der Waals surface area contributed by atoms with E-state index in [0.29, 0.717) is 12.8 Å². The maximum Gasteiger partial charge on any atom is 0.306 e. The van der Waals surface area contributed by atoms with Gasteiger partial charge < -0.3 is 14.2 Å². The van der Waals surface area contributed by atoms with Gasteiger partial charge in [0.15, 0.2) is 6.10 Å². The minimum atomic E-state index is -0.795. The van der Waals surface area contributed by atoms with E-state index in [1.807, 2.05) is 0 Å². The number of unbranched alkanes of at least 4 members (excludes halogenated alkanes) is 26. The molecule has 0 spiro atoms. The monoisotopic (exact) mass is 1070 g/mol. The fourth-order valence-electron chi connectivity index (χ4n) is 8.73. The molecule has 0 fully saturated rings. The molecule has 6 nitrogen and oxygen atoms in total. The predicted octanol–water partition coefficient (Wildman–Crippen LogP) is 22.0. The molecular weight excluding hydrogens is 949 g/mol. The highest BCUT2D eigenvalue weighted by molar-refractivity contribution is 5.71. The van der Waals surface area contributed by atoms with Gasteiger partial charge in [-0.05, 0) is 109 Å². The summed E-state index contributed by atoms with van der Waals surface area (Å²) in [5.74, 6) is -0.921. The summed E-state index contributed by atoms with van der Waals surface area (Å²) >= 11 is 0. The van der Waals surface area contributed by atoms with Gasteiger partial charge in [-0.2, -0.15) is 0 Å². The molecule has 0 saturated heterocycles. The van der Waals surface area contributed by atoms with E-state index < -0.39 is 6.10 Å². The van der Waals surface area contributed by atoms with Crippen molar-refractivity contribution in [2.75, 3.05) is 13.2 Å². The molecule has 0 aromatic carbocycles. The van der Waals surface area contributed by atoms with Crippen LogP contribution in [0.2, 0.25) is 0 Å². The van der Waals surface area contributed by atoms with Crippen LogP contribution in [0.15, 0.2) is 122 Å². The quantitative estimate of drug-likeness (QED) is 0.0261. The summed E-state index contributed by atoms with van der Waals surface area (Å²) in [7, 11) is 0. The zero-order valence-corrected chi connectivity index (χ0v) is 50.2. The summed E-state index contributed by atoms with van der Waals surface area (Å²) in [6.45, 7) is 6.38. The lowest BCUT2D eigenvalue weighted by Crippen LogP contribution is -2.30. The van der Waals surface area contributed by atoms with E-state index in [9.17, 15) is 14.4 Å². The number of carbonyl (C=O) groups excluding carboxylic acids is 3. The number of rotatable bonds is 57. The van der Waals surface area contributed by atoms with Gasteiger partial charge >= 0.3 is 17.9 Å². The molecule has 0 rings (SSSR count). The minimum absolute atomic E-state index is 0.0905. The molecule has 0 aromatic rings. The van der Waals surface area contributed by atoms with Gasteiger partial charge in [0.05, 0.1) is 0 Å². The maximum atomic E-state index is 12.9. The van der Waals surface area contributed by atoms with Gasteiger partial charge in [0.2, 0.25) is 0 Å². The van der Waals surface area contributed by atoms with Crippen LogP contribution in [0.1, 0.15) is 290 Å². The summed E-state index contributed by atoms with van der Waals surface area (Å²) in [6.07, 6.45) is 89.4. The van der Waals surface area contributed by atoms with Crippen molar-refractivity contribution in [1.29, 1.82) is 0 Å². The molecule has 0 aliphatic rings. The van der Waals surface area contributed by atoms with Crippen molar-refractivity contribution in [2.45, 2.75) is 297 Å². The number of ether oxygens (including phenoxy) is 3. The Morgan fingerprint density at radius 3 is 0.805 bits per heavy atom. The highest BCUT2D eigenvalue weighted by Gasteiger charge is 2.19. The van der Waals surface area contributed by atoms with E-state index >= 15 is 0 Å². The number of hydrogen-bond acceptors (Lipinski definition) is 6. The third-order valence-electron chi connectivity index (χ3n) is 13.5. The minimum Gasteiger partial charge on any atom is -0.462 e. The van der Waals surface area contributed by atoms with E-state index in [1.54, 1.807) is 0 Å². The molecule has 0 radical (unpaired) electrons. The average Bonchev–Trinajstić information content (AvgIpc) is 3.43. The van der Waals surface area contributed by atoms with Crippen molar-refractivity contribution >= 4 is 17.9 Å². The first kappa shape index (κ1) is 72.8. The zero-order valence-electron chi connectivity index (χ0n) is 50.2. The molecule has 0 amide bonds. The van der Waals surface area contributed by atoms with Crippen molar-refractivity contribution in [3.05, 3.63) is 122 Å². The normalized spacial score (nSPS) is 12.9. The lowest BCUT2D eigenvalue weighted by molar-refractivity contribution is -0.167. The second-order valence-corrected chi connectivity index (χ2v) is 20.9. The molecule has 438 valence electrons. The summed E-state index contributed by atoms with van der Waals surface area (Å²) in [4.78, 5) is 38.2. The van der Waals surface area contributed by atoms with Gasteiger partial charge in [-0.25, -0.2) is 0 Å². The summed E-state index contributed by atoms with van der Waals surface area (Å²) in [6, 6.07) is 0. The summed E-state index contributed by atoms with van der Waals surface area (Å²) < 4.78 is 16.8. The first-order chi connectivity index (χ1) is 38.0. The van der Waals surface area contributed by atoms with Crippen LogP contribution in [0.4, 0.5) is 0 Å². The second-order valence-electron chi connectivity index (χ2n) is 20.9. The molecule has 6 heteroatoms. The Hall–Kier alpha value is -4.19. The predicted molar refractivity (Wildman–Crippen MR) is 334 cm³/mol. The van der Waals surface area contributed by atoms with Crippen LogP contribution < -0.4 is 0 Å². The van der Waals surface area contributed by atoms with Gasteiger partial charge in [-0.1, -0.05) is 284 Å². The molecule has 0 aliphatic heterocycles. The van der Waals surface area contributed by atoms with Crippen molar-refractivity contribution < 1.29 is 28.6 Å². The number of allylic oxidation sites excluding steroid dienone is 20. The van der Waals surface area contributed by atoms with Gasteiger partial charge in [-0.15, -0.1) is 0 Å². The van der Waals surface area contributed by atoms with Crippen LogP contribution in [0.5, 0.6) is 0 Å². The second kappa shape index (κ2) is 64.3. The fourth-order valence-corrected chi connectivity index (χ4v) is 8.73. The standard InChI is InChI=1S/C71H118O6/c1-4-7-10-13-16-19-21-23-25-27-29-30-31-32-33-34-35-36-37-38-39-40-42-43-45-47-49-52-55-58-61-64-70(73)76-67-68(66-75-69(72)63-60-57-54-51-18-15-12-9-6-3)77-71(74)65-62-59-56-53-50-48-46-44-41-28-26-24-22-20-17-14-11-8-5-2/h7-8,10-11,16-17,19-20,23-26,29-30,32-33,41,44,48,50,68H,4-6,9,12-15,18,21-22,27-28,31,34-40,42-43,45-47,49,51-67H2,1-3H3/b10-7-,11-8-,19-16-,20-17-,25-23-,26-24-,30-29-,33-32-,44-41-,50-48-. The molecular formula is C71H118O6. The number of esters is 3. The third kappa shape index (κ3) is 62.5. The van der Waals surface area contributed by atoms with Gasteiger partial charge in [0.25, 0.3) is 0 Å². The number of carbonyl (C=O) groups is 3. The van der Waals surface area contributed by atoms with Crippen molar-refractivity contribution in [3.63, 3.8) is 0 Å². The van der Waals surface area contributed by atoms with Crippen molar-refractivity contribution in [1.82, 2.24) is 0 Å². The third-order valence-corrected chi connectivity index (χ3v) is 13.5. The number of hydrogen-bond donors (Lipinski definition) is 0. The van der Waals surface area contributed by atoms with Crippen LogP contribution >= 0.6 is 0 Å². The molecule has 0 N–H and O–H groups in total. The smallest absolute Gasteiger partial charge is 0.306 e. The highest BCUT2D eigenvalue weighted by Crippen LogP contribution is 2.16. The lowest BCUT2D eigenvalue weighted by atomic mass is 10.0. The van der Waals surface area contributed by atoms with Crippen LogP contribution in [-0.4, -0.2) is 37.2 Å². The topological polar surface area (TPSA) is 78.9 Å². The molecule has 77 heavy (non-hydrogen) atoms. The van der Waals surface area contributed by atoms with Gasteiger partial charge in [0, 0.05) is 19.3 Å². The Kier molecular flexibility index (Phi) is 60.8. The first-order valence-corrected chi connectivity index (χ1v) is 32.0. The Balaban J connectivity index is 4.20. The van der Waals surface area contributed by atoms with Crippen molar-refractivity contribution in [2.24, 2.45) is 0 Å². The van der Waals surface area contributed by atoms with E-state index in [1.165, 1.54) is 122 Å². The first-order valence-electron chi connectivity index (χ1n) is 32.0. The Labute approximate surface area is 475 Å². The average molecular weight is 1070 g/mol. The lowest BCUT2D eigenvalue weighted by Gasteiger charge is -2.18. The molecule has 1 unspecified atom stereocenters. The Bertz CT molecular complexity index is 1600. The van der Waals surface area contributed by atoms with Crippen LogP contribution in [0, 0.1) is 0 Å². The van der Waals surface area contributed by atoms with E-state index in [2.05, 4.69) is 142 Å². The fraction of sp³-hybridized carbons (Fsp3) is 0.676. The SMILES string of the molecule is CC/C=C\C/C=C\C/C=C\C/C=C\C/C=C\CCCCCCCCCCCCCCCCCC(=O)OCC(COC(=O)CCCCCCCCCCC)OC(=O)CCCCC/C=C\C/C=C\C/C=C\C/C=C\C/C=C\CC.